The molecule has 0 amide bonds. The second-order valence-corrected chi connectivity index (χ2v) is 6.88. The van der Waals surface area contributed by atoms with E-state index in [9.17, 15) is 4.39 Å². The summed E-state index contributed by atoms with van der Waals surface area (Å²) in [5, 5.41) is 0. The number of ether oxygens (including phenoxy) is 1. The first-order valence-electron chi connectivity index (χ1n) is 9.00. The van der Waals surface area contributed by atoms with Crippen molar-refractivity contribution in [3.63, 3.8) is 0 Å². The molecule has 1 nitrogen and oxygen atoms in total. The zero-order chi connectivity index (χ0) is 17.6. The molecule has 1 aliphatic rings. The van der Waals surface area contributed by atoms with Crippen LogP contribution in [0.3, 0.4) is 0 Å². The molecule has 0 aliphatic heterocycles. The summed E-state index contributed by atoms with van der Waals surface area (Å²) in [5.74, 6) is 1.24. The van der Waals surface area contributed by atoms with Gasteiger partial charge in [-0.2, -0.15) is 0 Å². The molecule has 0 radical (unpaired) electrons. The van der Waals surface area contributed by atoms with Crippen molar-refractivity contribution in [1.29, 1.82) is 0 Å². The Hall–Kier alpha value is -1.80. The van der Waals surface area contributed by atoms with E-state index in [1.165, 1.54) is 31.2 Å². The van der Waals surface area contributed by atoms with Gasteiger partial charge >= 0.3 is 0 Å². The van der Waals surface area contributed by atoms with Crippen LogP contribution in [0.15, 0.2) is 54.1 Å². The van der Waals surface area contributed by atoms with Crippen molar-refractivity contribution in [3.05, 3.63) is 65.5 Å². The fourth-order valence-electron chi connectivity index (χ4n) is 3.65. The van der Waals surface area contributed by atoms with Crippen LogP contribution >= 0.6 is 11.6 Å². The topological polar surface area (TPSA) is 9.23 Å². The van der Waals surface area contributed by atoms with Gasteiger partial charge in [0, 0.05) is 5.54 Å². The zero-order valence-corrected chi connectivity index (χ0v) is 15.3. The van der Waals surface area contributed by atoms with Crippen molar-refractivity contribution in [2.75, 3.05) is 6.61 Å². The van der Waals surface area contributed by atoms with Gasteiger partial charge < -0.3 is 4.74 Å². The quantitative estimate of drug-likeness (QED) is 0.563. The van der Waals surface area contributed by atoms with Gasteiger partial charge in [-0.3, -0.25) is 0 Å². The number of hydrogen-bond donors (Lipinski definition) is 0. The molecule has 0 heterocycles. The lowest BCUT2D eigenvalue weighted by molar-refractivity contribution is 0.321. The van der Waals surface area contributed by atoms with Crippen molar-refractivity contribution in [2.45, 2.75) is 38.5 Å². The Balaban J connectivity index is 1.69. The molecule has 132 valence electrons. The van der Waals surface area contributed by atoms with E-state index in [0.29, 0.717) is 24.2 Å². The van der Waals surface area contributed by atoms with Crippen molar-refractivity contribution in [2.24, 2.45) is 5.92 Å². The minimum absolute atomic E-state index is 0.311. The summed E-state index contributed by atoms with van der Waals surface area (Å²) in [7, 11) is 0. The Labute approximate surface area is 154 Å². The second-order valence-electron chi connectivity index (χ2n) is 6.63. The highest BCUT2D eigenvalue weighted by Gasteiger charge is 2.20. The highest BCUT2D eigenvalue weighted by molar-refractivity contribution is 6.25. The van der Waals surface area contributed by atoms with E-state index in [4.69, 9.17) is 16.3 Å². The van der Waals surface area contributed by atoms with Gasteiger partial charge in [0.05, 0.1) is 6.61 Å². The van der Waals surface area contributed by atoms with Gasteiger partial charge in [0.2, 0.25) is 0 Å². The van der Waals surface area contributed by atoms with E-state index in [1.54, 1.807) is 17.7 Å². The summed E-state index contributed by atoms with van der Waals surface area (Å²) in [4.78, 5) is 0. The minimum Gasteiger partial charge on any atom is -0.491 e. The fraction of sp³-hybridized carbons (Fsp3) is 0.364. The lowest BCUT2D eigenvalue weighted by atomic mass is 9.78. The maximum Gasteiger partial charge on any atom is 0.165 e. The molecular weight excluding hydrogens is 335 g/mol. The van der Waals surface area contributed by atoms with Crippen LogP contribution in [0, 0.1) is 11.7 Å². The molecule has 0 unspecified atom stereocenters. The lowest BCUT2D eigenvalue weighted by Crippen LogP contribution is -2.11. The Morgan fingerprint density at radius 3 is 2.32 bits per heavy atom. The van der Waals surface area contributed by atoms with Gasteiger partial charge in [-0.15, -0.1) is 0 Å². The highest BCUT2D eigenvalue weighted by atomic mass is 35.5. The van der Waals surface area contributed by atoms with Gasteiger partial charge in [0.1, 0.15) is 0 Å². The number of hydrogen-bond acceptors (Lipinski definition) is 1. The predicted octanol–water partition coefficient (Wildman–Crippen LogP) is 6.92. The van der Waals surface area contributed by atoms with Crippen LogP contribution in [-0.4, -0.2) is 6.61 Å². The molecule has 0 spiro atoms. The molecule has 0 aromatic heterocycles. The predicted molar refractivity (Wildman–Crippen MR) is 103 cm³/mol. The molecule has 2 aromatic rings. The normalized spacial score (nSPS) is 20.8. The molecule has 3 rings (SSSR count). The van der Waals surface area contributed by atoms with Crippen molar-refractivity contribution >= 4 is 11.6 Å². The number of rotatable bonds is 5. The third-order valence-electron chi connectivity index (χ3n) is 5.06. The fourth-order valence-corrected chi connectivity index (χ4v) is 3.85. The Morgan fingerprint density at radius 2 is 1.72 bits per heavy atom. The van der Waals surface area contributed by atoms with Gasteiger partial charge in [0.25, 0.3) is 0 Å². The molecule has 0 bridgehead atoms. The van der Waals surface area contributed by atoms with Gasteiger partial charge in [-0.05, 0) is 73.3 Å². The largest absolute Gasteiger partial charge is 0.491 e. The molecular formula is C22H24ClFO. The monoisotopic (exact) mass is 358 g/mol. The molecule has 3 heteroatoms. The summed E-state index contributed by atoms with van der Waals surface area (Å²) < 4.78 is 19.3. The smallest absolute Gasteiger partial charge is 0.165 e. The number of benzene rings is 2. The van der Waals surface area contributed by atoms with E-state index >= 15 is 0 Å². The molecule has 2 aromatic carbocycles. The summed E-state index contributed by atoms with van der Waals surface area (Å²) >= 11 is 5.69. The second kappa shape index (κ2) is 8.53. The highest BCUT2D eigenvalue weighted by Crippen LogP contribution is 2.37. The molecule has 25 heavy (non-hydrogen) atoms. The average Bonchev–Trinajstić information content (AvgIpc) is 2.65. The summed E-state index contributed by atoms with van der Waals surface area (Å²) in [6, 6.07) is 13.7. The standard InChI is InChI=1S/C22H24ClFO/c1-2-25-22-12-11-20(15-21(22)24)19-9-7-18(8-10-19)17-5-3-16(4-6-17)13-14-23/h7-17H,2-6H2,1H3/b14-13+/t16-,17-. The first kappa shape index (κ1) is 18.0. The third-order valence-corrected chi connectivity index (χ3v) is 5.21. The molecule has 1 fully saturated rings. The molecule has 1 aliphatic carbocycles. The SMILES string of the molecule is CCOc1ccc(-c2ccc([C@H]3CC[C@H](/C=C/Cl)CC3)cc2)cc1F. The van der Waals surface area contributed by atoms with Crippen molar-refractivity contribution in [3.8, 4) is 16.9 Å². The summed E-state index contributed by atoms with van der Waals surface area (Å²) in [5.41, 5.74) is 4.94. The first-order valence-corrected chi connectivity index (χ1v) is 9.44. The van der Waals surface area contributed by atoms with Crippen LogP contribution in [-0.2, 0) is 0 Å². The van der Waals surface area contributed by atoms with Crippen molar-refractivity contribution in [1.82, 2.24) is 0 Å². The van der Waals surface area contributed by atoms with Crippen LogP contribution in [0.5, 0.6) is 5.75 Å². The summed E-state index contributed by atoms with van der Waals surface area (Å²) in [6.45, 7) is 2.32. The number of allylic oxidation sites excluding steroid dienone is 1. The average molecular weight is 359 g/mol. The molecule has 0 N–H and O–H groups in total. The molecule has 0 atom stereocenters. The van der Waals surface area contributed by atoms with Gasteiger partial charge in [-0.25, -0.2) is 4.39 Å². The Kier molecular flexibility index (Phi) is 6.14. The minimum atomic E-state index is -0.311. The van der Waals surface area contributed by atoms with E-state index in [1.807, 2.05) is 13.0 Å². The molecule has 1 saturated carbocycles. The van der Waals surface area contributed by atoms with E-state index < -0.39 is 0 Å². The van der Waals surface area contributed by atoms with Crippen molar-refractivity contribution < 1.29 is 9.13 Å². The van der Waals surface area contributed by atoms with E-state index in [-0.39, 0.29) is 5.82 Å². The van der Waals surface area contributed by atoms with Crippen LogP contribution in [0.25, 0.3) is 11.1 Å². The zero-order valence-electron chi connectivity index (χ0n) is 14.6. The van der Waals surface area contributed by atoms with Crippen LogP contribution in [0.4, 0.5) is 4.39 Å². The maximum absolute atomic E-state index is 14.1. The van der Waals surface area contributed by atoms with E-state index in [0.717, 1.165) is 11.1 Å². The Morgan fingerprint density at radius 1 is 1.04 bits per heavy atom. The van der Waals surface area contributed by atoms with Gasteiger partial charge in [0.15, 0.2) is 11.6 Å². The third kappa shape index (κ3) is 4.43. The molecule has 0 saturated heterocycles. The van der Waals surface area contributed by atoms with Gasteiger partial charge in [-0.1, -0.05) is 48.0 Å². The van der Waals surface area contributed by atoms with Crippen LogP contribution in [0.1, 0.15) is 44.1 Å². The number of halogens is 2. The Bertz CT molecular complexity index is 715. The van der Waals surface area contributed by atoms with Crippen LogP contribution < -0.4 is 4.74 Å². The maximum atomic E-state index is 14.1. The van der Waals surface area contributed by atoms with Crippen LogP contribution in [0.2, 0.25) is 0 Å². The first-order chi connectivity index (χ1) is 12.2. The summed E-state index contributed by atoms with van der Waals surface area (Å²) in [6.07, 6.45) is 6.90. The lowest BCUT2D eigenvalue weighted by Gasteiger charge is -2.27. The van der Waals surface area contributed by atoms with E-state index in [2.05, 4.69) is 30.3 Å².